The standard InChI is InChI=1S/C19H29NO4/c1-4-24-18(23)12-10-8-6-5-7-9-11-17(22)19-14(2)16(13-21)20-15(19)3/h13,20H,4-12H2,1-3H3. The Hall–Kier alpha value is -1.91. The molecule has 5 nitrogen and oxygen atoms in total. The van der Waals surface area contributed by atoms with Crippen molar-refractivity contribution >= 4 is 18.0 Å². The SMILES string of the molecule is CCOC(=O)CCCCCCCCC(=O)c1c(C)[nH]c(C=O)c1C. The maximum Gasteiger partial charge on any atom is 0.305 e. The van der Waals surface area contributed by atoms with Crippen molar-refractivity contribution in [2.45, 2.75) is 72.1 Å². The van der Waals surface area contributed by atoms with Crippen LogP contribution in [0.5, 0.6) is 0 Å². The minimum absolute atomic E-state index is 0.108. The van der Waals surface area contributed by atoms with Gasteiger partial charge in [-0.2, -0.15) is 0 Å². The highest BCUT2D eigenvalue weighted by atomic mass is 16.5. The Labute approximate surface area is 144 Å². The first-order valence-corrected chi connectivity index (χ1v) is 8.84. The van der Waals surface area contributed by atoms with Crippen LogP contribution in [0.4, 0.5) is 0 Å². The summed E-state index contributed by atoms with van der Waals surface area (Å²) in [6, 6.07) is 0. The van der Waals surface area contributed by atoms with Gasteiger partial charge in [0.25, 0.3) is 0 Å². The van der Waals surface area contributed by atoms with Gasteiger partial charge in [0, 0.05) is 24.1 Å². The molecule has 1 aromatic rings. The van der Waals surface area contributed by atoms with Crippen molar-refractivity contribution < 1.29 is 19.1 Å². The minimum Gasteiger partial charge on any atom is -0.466 e. The van der Waals surface area contributed by atoms with Gasteiger partial charge in [-0.15, -0.1) is 0 Å². The minimum atomic E-state index is -0.116. The molecule has 0 amide bonds. The Morgan fingerprint density at radius 1 is 1.00 bits per heavy atom. The number of ketones is 1. The van der Waals surface area contributed by atoms with E-state index in [4.69, 9.17) is 4.74 Å². The monoisotopic (exact) mass is 335 g/mol. The van der Waals surface area contributed by atoms with E-state index in [1.165, 1.54) is 0 Å². The molecule has 0 unspecified atom stereocenters. The second-order valence-electron chi connectivity index (χ2n) is 6.13. The largest absolute Gasteiger partial charge is 0.466 e. The summed E-state index contributed by atoms with van der Waals surface area (Å²) in [5.74, 6) is -0.00769. The summed E-state index contributed by atoms with van der Waals surface area (Å²) >= 11 is 0. The van der Waals surface area contributed by atoms with Crippen LogP contribution in [0.1, 0.15) is 90.4 Å². The Morgan fingerprint density at radius 2 is 1.58 bits per heavy atom. The predicted octanol–water partition coefficient (Wildman–Crippen LogP) is 4.31. The van der Waals surface area contributed by atoms with Crippen LogP contribution in [0.3, 0.4) is 0 Å². The number of hydrogen-bond acceptors (Lipinski definition) is 4. The molecule has 1 N–H and O–H groups in total. The average Bonchev–Trinajstić information content (AvgIpc) is 2.84. The highest BCUT2D eigenvalue weighted by molar-refractivity contribution is 6.00. The Bertz CT molecular complexity index is 560. The van der Waals surface area contributed by atoms with Gasteiger partial charge in [-0.05, 0) is 39.2 Å². The van der Waals surface area contributed by atoms with Crippen LogP contribution in [0.25, 0.3) is 0 Å². The van der Waals surface area contributed by atoms with Gasteiger partial charge in [0.05, 0.1) is 12.3 Å². The van der Waals surface area contributed by atoms with Crippen LogP contribution in [0.2, 0.25) is 0 Å². The van der Waals surface area contributed by atoms with Crippen LogP contribution in [-0.4, -0.2) is 29.6 Å². The van der Waals surface area contributed by atoms with Crippen molar-refractivity contribution in [2.75, 3.05) is 6.61 Å². The smallest absolute Gasteiger partial charge is 0.305 e. The molecular formula is C19H29NO4. The van der Waals surface area contributed by atoms with Gasteiger partial charge in [-0.3, -0.25) is 14.4 Å². The third kappa shape index (κ3) is 6.30. The van der Waals surface area contributed by atoms with Crippen LogP contribution in [0.15, 0.2) is 0 Å². The van der Waals surface area contributed by atoms with E-state index in [2.05, 4.69) is 4.98 Å². The lowest BCUT2D eigenvalue weighted by Gasteiger charge is -2.04. The molecule has 5 heteroatoms. The van der Waals surface area contributed by atoms with Crippen LogP contribution in [0, 0.1) is 13.8 Å². The molecule has 134 valence electrons. The van der Waals surface area contributed by atoms with E-state index < -0.39 is 0 Å². The van der Waals surface area contributed by atoms with Gasteiger partial charge in [0.15, 0.2) is 12.1 Å². The first-order valence-electron chi connectivity index (χ1n) is 8.84. The lowest BCUT2D eigenvalue weighted by Crippen LogP contribution is -2.03. The Kier molecular flexibility index (Phi) is 9.05. The van der Waals surface area contributed by atoms with E-state index in [-0.39, 0.29) is 11.8 Å². The number of unbranched alkanes of at least 4 members (excludes halogenated alkanes) is 5. The molecule has 1 heterocycles. The number of carbonyl (C=O) groups is 3. The summed E-state index contributed by atoms with van der Waals surface area (Å²) in [6.45, 7) is 5.90. The summed E-state index contributed by atoms with van der Waals surface area (Å²) < 4.78 is 4.88. The normalized spacial score (nSPS) is 10.6. The number of ether oxygens (including phenoxy) is 1. The van der Waals surface area contributed by atoms with E-state index in [1.54, 1.807) is 0 Å². The topological polar surface area (TPSA) is 76.2 Å². The van der Waals surface area contributed by atoms with Crippen LogP contribution in [-0.2, 0) is 9.53 Å². The fraction of sp³-hybridized carbons (Fsp3) is 0.632. The molecule has 24 heavy (non-hydrogen) atoms. The average molecular weight is 335 g/mol. The number of esters is 1. The molecule has 1 aromatic heterocycles. The zero-order chi connectivity index (χ0) is 17.9. The number of Topliss-reactive ketones (excluding diaryl/α,β-unsaturated/α-hetero) is 1. The van der Waals surface area contributed by atoms with Crippen LogP contribution >= 0.6 is 0 Å². The molecule has 0 aliphatic heterocycles. The van der Waals surface area contributed by atoms with E-state index in [9.17, 15) is 14.4 Å². The highest BCUT2D eigenvalue weighted by Gasteiger charge is 2.17. The quantitative estimate of drug-likeness (QED) is 0.267. The number of nitrogens with one attached hydrogen (secondary N) is 1. The summed E-state index contributed by atoms with van der Waals surface area (Å²) in [4.78, 5) is 37.4. The molecule has 0 bridgehead atoms. The fourth-order valence-electron chi connectivity index (χ4n) is 2.93. The van der Waals surface area contributed by atoms with E-state index in [0.29, 0.717) is 30.7 Å². The van der Waals surface area contributed by atoms with Gasteiger partial charge >= 0.3 is 5.97 Å². The predicted molar refractivity (Wildman–Crippen MR) is 93.6 cm³/mol. The molecule has 0 fully saturated rings. The molecule has 0 saturated heterocycles. The molecule has 1 rings (SSSR count). The third-order valence-electron chi connectivity index (χ3n) is 4.21. The van der Waals surface area contributed by atoms with Crippen molar-refractivity contribution in [3.8, 4) is 0 Å². The van der Waals surface area contributed by atoms with Crippen molar-refractivity contribution in [1.29, 1.82) is 0 Å². The highest BCUT2D eigenvalue weighted by Crippen LogP contribution is 2.20. The lowest BCUT2D eigenvalue weighted by atomic mass is 10.0. The number of carbonyl (C=O) groups excluding carboxylic acids is 3. The summed E-state index contributed by atoms with van der Waals surface area (Å²) in [5.41, 5.74) is 2.70. The maximum atomic E-state index is 12.3. The van der Waals surface area contributed by atoms with E-state index in [0.717, 1.165) is 56.1 Å². The van der Waals surface area contributed by atoms with E-state index >= 15 is 0 Å². The first-order chi connectivity index (χ1) is 11.5. The molecule has 0 aliphatic rings. The molecule has 0 aliphatic carbocycles. The number of aryl methyl sites for hydroxylation is 1. The van der Waals surface area contributed by atoms with E-state index in [1.807, 2.05) is 20.8 Å². The zero-order valence-corrected chi connectivity index (χ0v) is 15.1. The van der Waals surface area contributed by atoms with Gasteiger partial charge in [0.1, 0.15) is 0 Å². The number of hydrogen-bond donors (Lipinski definition) is 1. The van der Waals surface area contributed by atoms with Crippen LogP contribution < -0.4 is 0 Å². The second-order valence-corrected chi connectivity index (χ2v) is 6.13. The summed E-state index contributed by atoms with van der Waals surface area (Å²) in [7, 11) is 0. The number of H-pyrrole nitrogens is 1. The van der Waals surface area contributed by atoms with Crippen molar-refractivity contribution in [3.05, 3.63) is 22.5 Å². The molecule has 0 saturated carbocycles. The number of aromatic nitrogens is 1. The number of aromatic amines is 1. The lowest BCUT2D eigenvalue weighted by molar-refractivity contribution is -0.143. The zero-order valence-electron chi connectivity index (χ0n) is 15.1. The van der Waals surface area contributed by atoms with Gasteiger partial charge in [0.2, 0.25) is 0 Å². The van der Waals surface area contributed by atoms with Gasteiger partial charge < -0.3 is 9.72 Å². The maximum absolute atomic E-state index is 12.3. The third-order valence-corrected chi connectivity index (χ3v) is 4.21. The second kappa shape index (κ2) is 10.8. The molecule has 0 radical (unpaired) electrons. The fourth-order valence-corrected chi connectivity index (χ4v) is 2.93. The van der Waals surface area contributed by atoms with Crippen molar-refractivity contribution in [2.24, 2.45) is 0 Å². The molecule has 0 spiro atoms. The molecule has 0 aromatic carbocycles. The Morgan fingerprint density at radius 3 is 2.12 bits per heavy atom. The molecule has 0 atom stereocenters. The first kappa shape index (κ1) is 20.1. The summed E-state index contributed by atoms with van der Waals surface area (Å²) in [6.07, 6.45) is 7.67. The number of rotatable bonds is 12. The Balaban J connectivity index is 2.17. The van der Waals surface area contributed by atoms with Gasteiger partial charge in [-0.1, -0.05) is 25.7 Å². The summed E-state index contributed by atoms with van der Waals surface area (Å²) in [5, 5.41) is 0. The molecular weight excluding hydrogens is 306 g/mol. The number of aldehydes is 1. The van der Waals surface area contributed by atoms with Gasteiger partial charge in [-0.25, -0.2) is 0 Å². The van der Waals surface area contributed by atoms with Crippen molar-refractivity contribution in [1.82, 2.24) is 4.98 Å². The van der Waals surface area contributed by atoms with Crippen molar-refractivity contribution in [3.63, 3.8) is 0 Å².